The lowest BCUT2D eigenvalue weighted by molar-refractivity contribution is 1.18. The first-order valence-electron chi connectivity index (χ1n) is 6.78. The van der Waals surface area contributed by atoms with Gasteiger partial charge in [-0.2, -0.15) is 0 Å². The number of hydrogen-bond acceptors (Lipinski definition) is 0. The van der Waals surface area contributed by atoms with Crippen LogP contribution >= 0.6 is 0 Å². The van der Waals surface area contributed by atoms with Gasteiger partial charge in [0.2, 0.25) is 0 Å². The third kappa shape index (κ3) is 2.68. The van der Waals surface area contributed by atoms with Gasteiger partial charge < -0.3 is 0 Å². The van der Waals surface area contributed by atoms with E-state index in [0.29, 0.717) is 0 Å². The summed E-state index contributed by atoms with van der Waals surface area (Å²) in [7, 11) is 0. The summed E-state index contributed by atoms with van der Waals surface area (Å²) in [4.78, 5) is 0. The SMILES string of the molecule is C=CC.CCc1c2ccccc2cc2ccccc12. The topological polar surface area (TPSA) is 0 Å². The molecule has 0 saturated heterocycles. The molecule has 0 bridgehead atoms. The van der Waals surface area contributed by atoms with E-state index in [0.717, 1.165) is 6.42 Å². The summed E-state index contributed by atoms with van der Waals surface area (Å²) in [6.07, 6.45) is 2.84. The molecule has 3 rings (SSSR count). The Morgan fingerprint density at radius 2 is 1.32 bits per heavy atom. The molecule has 3 aromatic rings. The van der Waals surface area contributed by atoms with Crippen molar-refractivity contribution in [2.24, 2.45) is 0 Å². The van der Waals surface area contributed by atoms with Crippen LogP contribution in [0.1, 0.15) is 19.4 Å². The lowest BCUT2D eigenvalue weighted by atomic mass is 9.95. The van der Waals surface area contributed by atoms with Gasteiger partial charge in [0.15, 0.2) is 0 Å². The van der Waals surface area contributed by atoms with Crippen molar-refractivity contribution in [2.75, 3.05) is 0 Å². The molecule has 0 aliphatic rings. The molecule has 0 aromatic heterocycles. The van der Waals surface area contributed by atoms with E-state index in [1.165, 1.54) is 27.1 Å². The predicted molar refractivity (Wildman–Crippen MR) is 86.7 cm³/mol. The molecule has 0 radical (unpaired) electrons. The highest BCUT2D eigenvalue weighted by Crippen LogP contribution is 2.28. The molecule has 19 heavy (non-hydrogen) atoms. The zero-order valence-corrected chi connectivity index (χ0v) is 11.7. The van der Waals surface area contributed by atoms with Gasteiger partial charge in [0.1, 0.15) is 0 Å². The predicted octanol–water partition coefficient (Wildman–Crippen LogP) is 5.75. The van der Waals surface area contributed by atoms with Crippen LogP contribution in [0.5, 0.6) is 0 Å². The van der Waals surface area contributed by atoms with Crippen LogP contribution in [0.15, 0.2) is 67.3 Å². The second-order valence-corrected chi connectivity index (χ2v) is 4.56. The zero-order valence-electron chi connectivity index (χ0n) is 11.7. The van der Waals surface area contributed by atoms with E-state index in [2.05, 4.69) is 68.1 Å². The molecule has 0 heterocycles. The Morgan fingerprint density at radius 3 is 1.74 bits per heavy atom. The van der Waals surface area contributed by atoms with Gasteiger partial charge in [-0.05, 0) is 46.5 Å². The van der Waals surface area contributed by atoms with Gasteiger partial charge >= 0.3 is 0 Å². The van der Waals surface area contributed by atoms with Crippen molar-refractivity contribution in [2.45, 2.75) is 20.3 Å². The second kappa shape index (κ2) is 6.19. The molecule has 0 aliphatic heterocycles. The smallest absolute Gasteiger partial charge is 0.0146 e. The molecular weight excluding hydrogens is 228 g/mol. The summed E-state index contributed by atoms with van der Waals surface area (Å²) >= 11 is 0. The number of allylic oxidation sites excluding steroid dienone is 1. The number of aryl methyl sites for hydroxylation is 1. The first kappa shape index (κ1) is 13.4. The van der Waals surface area contributed by atoms with Crippen LogP contribution in [-0.4, -0.2) is 0 Å². The van der Waals surface area contributed by atoms with Crippen LogP contribution in [0.25, 0.3) is 21.5 Å². The van der Waals surface area contributed by atoms with Crippen molar-refractivity contribution in [1.82, 2.24) is 0 Å². The molecule has 0 spiro atoms. The Bertz CT molecular complexity index is 639. The van der Waals surface area contributed by atoms with Crippen molar-refractivity contribution in [1.29, 1.82) is 0 Å². The van der Waals surface area contributed by atoms with Gasteiger partial charge in [-0.25, -0.2) is 0 Å². The summed E-state index contributed by atoms with van der Waals surface area (Å²) in [5, 5.41) is 5.48. The van der Waals surface area contributed by atoms with Gasteiger partial charge in [0.05, 0.1) is 0 Å². The Hall–Kier alpha value is -2.08. The van der Waals surface area contributed by atoms with Gasteiger partial charge in [-0.3, -0.25) is 0 Å². The van der Waals surface area contributed by atoms with E-state index >= 15 is 0 Å². The van der Waals surface area contributed by atoms with Gasteiger partial charge in [-0.15, -0.1) is 6.58 Å². The number of rotatable bonds is 1. The Balaban J connectivity index is 0.000000408. The van der Waals surface area contributed by atoms with Crippen LogP contribution in [-0.2, 0) is 6.42 Å². The third-order valence-corrected chi connectivity index (χ3v) is 3.24. The molecule has 0 heteroatoms. The molecule has 0 saturated carbocycles. The molecule has 0 N–H and O–H groups in total. The maximum absolute atomic E-state index is 3.36. The highest BCUT2D eigenvalue weighted by Gasteiger charge is 2.04. The molecular formula is C19H20. The summed E-state index contributed by atoms with van der Waals surface area (Å²) in [5.74, 6) is 0. The minimum atomic E-state index is 1.09. The fraction of sp³-hybridized carbons (Fsp3) is 0.158. The fourth-order valence-electron chi connectivity index (χ4n) is 2.49. The largest absolute Gasteiger partial charge is 0.103 e. The third-order valence-electron chi connectivity index (χ3n) is 3.24. The minimum Gasteiger partial charge on any atom is -0.103 e. The Kier molecular flexibility index (Phi) is 4.35. The maximum Gasteiger partial charge on any atom is -0.0146 e. The van der Waals surface area contributed by atoms with Gasteiger partial charge in [0, 0.05) is 0 Å². The lowest BCUT2D eigenvalue weighted by Crippen LogP contribution is -1.86. The zero-order chi connectivity index (χ0) is 13.7. The standard InChI is InChI=1S/C16H14.C3H6/c1-2-14-15-9-5-3-7-12(15)11-13-8-4-6-10-16(13)14;1-3-2/h3-11H,2H2,1H3;3H,1H2,2H3. The van der Waals surface area contributed by atoms with Crippen molar-refractivity contribution in [3.8, 4) is 0 Å². The quantitative estimate of drug-likeness (QED) is 0.380. The molecule has 0 atom stereocenters. The number of fused-ring (bicyclic) bond motifs is 2. The van der Waals surface area contributed by atoms with E-state index in [9.17, 15) is 0 Å². The van der Waals surface area contributed by atoms with Crippen molar-refractivity contribution >= 4 is 21.5 Å². The maximum atomic E-state index is 3.36. The molecule has 0 nitrogen and oxygen atoms in total. The first-order valence-corrected chi connectivity index (χ1v) is 6.78. The van der Waals surface area contributed by atoms with Crippen molar-refractivity contribution in [3.05, 3.63) is 72.8 Å². The average Bonchev–Trinajstić information content (AvgIpc) is 2.45. The number of hydrogen-bond donors (Lipinski definition) is 0. The van der Waals surface area contributed by atoms with Gasteiger partial charge in [-0.1, -0.05) is 61.5 Å². The molecule has 0 unspecified atom stereocenters. The fourth-order valence-corrected chi connectivity index (χ4v) is 2.49. The van der Waals surface area contributed by atoms with E-state index in [4.69, 9.17) is 0 Å². The van der Waals surface area contributed by atoms with E-state index in [1.807, 2.05) is 6.92 Å². The summed E-state index contributed by atoms with van der Waals surface area (Å²) < 4.78 is 0. The van der Waals surface area contributed by atoms with Crippen LogP contribution in [0, 0.1) is 0 Å². The monoisotopic (exact) mass is 248 g/mol. The summed E-state index contributed by atoms with van der Waals surface area (Å²) in [6, 6.07) is 19.6. The van der Waals surface area contributed by atoms with Crippen molar-refractivity contribution < 1.29 is 0 Å². The second-order valence-electron chi connectivity index (χ2n) is 4.56. The van der Waals surface area contributed by atoms with Crippen LogP contribution in [0.2, 0.25) is 0 Å². The van der Waals surface area contributed by atoms with E-state index < -0.39 is 0 Å². The highest BCUT2D eigenvalue weighted by atomic mass is 14.1. The number of benzene rings is 3. The van der Waals surface area contributed by atoms with Crippen molar-refractivity contribution in [3.63, 3.8) is 0 Å². The highest BCUT2D eigenvalue weighted by molar-refractivity contribution is 6.02. The minimum absolute atomic E-state index is 1.09. The van der Waals surface area contributed by atoms with Crippen LogP contribution < -0.4 is 0 Å². The summed E-state index contributed by atoms with van der Waals surface area (Å²) in [5.41, 5.74) is 1.47. The average molecular weight is 248 g/mol. The molecule has 96 valence electrons. The van der Waals surface area contributed by atoms with E-state index in [-0.39, 0.29) is 0 Å². The van der Waals surface area contributed by atoms with Crippen LogP contribution in [0.3, 0.4) is 0 Å². The Morgan fingerprint density at radius 1 is 0.895 bits per heavy atom. The molecule has 0 fully saturated rings. The van der Waals surface area contributed by atoms with E-state index in [1.54, 1.807) is 6.08 Å². The molecule has 0 aliphatic carbocycles. The Labute approximate surface area is 115 Å². The molecule has 3 aromatic carbocycles. The normalized spacial score (nSPS) is 10.0. The first-order chi connectivity index (χ1) is 9.31. The van der Waals surface area contributed by atoms with Gasteiger partial charge in [0.25, 0.3) is 0 Å². The van der Waals surface area contributed by atoms with Crippen LogP contribution in [0.4, 0.5) is 0 Å². The molecule has 0 amide bonds. The summed E-state index contributed by atoms with van der Waals surface area (Å²) in [6.45, 7) is 7.48. The lowest BCUT2D eigenvalue weighted by Gasteiger charge is -2.09.